The Morgan fingerprint density at radius 2 is 1.91 bits per heavy atom. The highest BCUT2D eigenvalue weighted by Crippen LogP contribution is 2.11. The summed E-state index contributed by atoms with van der Waals surface area (Å²) < 4.78 is 22.3. The molecule has 60 valence electrons. The predicted octanol–water partition coefficient (Wildman–Crippen LogP) is 1.78. The SMILES string of the molecule is COc1ccc([S-](=N)=O)cc1. The Hall–Kier alpha value is -1.03. The zero-order chi connectivity index (χ0) is 8.27. The van der Waals surface area contributed by atoms with E-state index in [1.54, 1.807) is 31.4 Å². The fourth-order valence-electron chi connectivity index (χ4n) is 0.699. The van der Waals surface area contributed by atoms with Crippen molar-refractivity contribution in [1.29, 1.82) is 4.78 Å². The van der Waals surface area contributed by atoms with Crippen molar-refractivity contribution in [2.24, 2.45) is 0 Å². The minimum atomic E-state index is -1.64. The molecular formula is C7H8NO2S-. The van der Waals surface area contributed by atoms with Crippen molar-refractivity contribution in [3.8, 4) is 5.75 Å². The van der Waals surface area contributed by atoms with Crippen molar-refractivity contribution in [2.45, 2.75) is 4.90 Å². The molecule has 1 aromatic rings. The minimum absolute atomic E-state index is 0.491. The summed E-state index contributed by atoms with van der Waals surface area (Å²) in [5.41, 5.74) is 0. The summed E-state index contributed by atoms with van der Waals surface area (Å²) in [6, 6.07) is 6.59. The smallest absolute Gasteiger partial charge is 0.118 e. The van der Waals surface area contributed by atoms with Gasteiger partial charge in [-0.15, -0.1) is 0 Å². The molecule has 0 fully saturated rings. The lowest BCUT2D eigenvalue weighted by Crippen LogP contribution is -1.82. The van der Waals surface area contributed by atoms with E-state index in [9.17, 15) is 4.21 Å². The molecule has 0 saturated heterocycles. The maximum absolute atomic E-state index is 10.6. The van der Waals surface area contributed by atoms with E-state index in [1.807, 2.05) is 0 Å². The summed E-state index contributed by atoms with van der Waals surface area (Å²) in [6.07, 6.45) is 0. The second-order valence-electron chi connectivity index (χ2n) is 1.94. The third-order valence-corrected chi connectivity index (χ3v) is 1.97. The molecule has 0 aliphatic heterocycles. The van der Waals surface area contributed by atoms with Gasteiger partial charge in [-0.2, -0.15) is 10.6 Å². The Labute approximate surface area is 67.0 Å². The normalized spacial score (nSPS) is 10.0. The third-order valence-electron chi connectivity index (χ3n) is 1.27. The summed E-state index contributed by atoms with van der Waals surface area (Å²) in [6.45, 7) is 0. The molecule has 0 bridgehead atoms. The molecule has 0 radical (unpaired) electrons. The molecule has 11 heavy (non-hydrogen) atoms. The number of ether oxygens (including phenoxy) is 1. The first-order valence-corrected chi connectivity index (χ1v) is 4.16. The number of benzene rings is 1. The number of hydrogen-bond acceptors (Lipinski definition) is 4. The van der Waals surface area contributed by atoms with Gasteiger partial charge in [-0.1, -0.05) is 17.0 Å². The first kappa shape index (κ1) is 8.07. The van der Waals surface area contributed by atoms with Gasteiger partial charge < -0.3 is 13.7 Å². The van der Waals surface area contributed by atoms with Gasteiger partial charge in [0, 0.05) is 0 Å². The van der Waals surface area contributed by atoms with E-state index in [4.69, 9.17) is 9.52 Å². The van der Waals surface area contributed by atoms with Gasteiger partial charge in [0.15, 0.2) is 0 Å². The molecule has 4 heteroatoms. The second kappa shape index (κ2) is 3.39. The number of rotatable bonds is 2. The van der Waals surface area contributed by atoms with Gasteiger partial charge in [0.25, 0.3) is 0 Å². The Kier molecular flexibility index (Phi) is 2.48. The summed E-state index contributed by atoms with van der Waals surface area (Å²) in [7, 11) is -0.0826. The molecule has 0 aliphatic carbocycles. The number of methoxy groups -OCH3 is 1. The summed E-state index contributed by atoms with van der Waals surface area (Å²) in [5.74, 6) is 0.708. The van der Waals surface area contributed by atoms with Gasteiger partial charge in [-0.05, 0) is 12.1 Å². The van der Waals surface area contributed by atoms with E-state index in [-0.39, 0.29) is 0 Å². The molecular weight excluding hydrogens is 162 g/mol. The highest BCUT2D eigenvalue weighted by atomic mass is 32.2. The van der Waals surface area contributed by atoms with Gasteiger partial charge >= 0.3 is 0 Å². The number of nitrogens with one attached hydrogen (secondary N) is 1. The second-order valence-corrected chi connectivity index (χ2v) is 2.95. The summed E-state index contributed by atoms with van der Waals surface area (Å²) >= 11 is 0. The fraction of sp³-hybridized carbons (Fsp3) is 0.143. The largest absolute Gasteiger partial charge is 0.497 e. The monoisotopic (exact) mass is 170 g/mol. The Morgan fingerprint density at radius 3 is 2.27 bits per heavy atom. The number of hydrogen-bond donors (Lipinski definition) is 1. The average molecular weight is 170 g/mol. The minimum Gasteiger partial charge on any atom is -0.497 e. The highest BCUT2D eigenvalue weighted by Gasteiger charge is 1.86. The van der Waals surface area contributed by atoms with Crippen molar-refractivity contribution in [3.63, 3.8) is 0 Å². The maximum atomic E-state index is 10.6. The van der Waals surface area contributed by atoms with Crippen molar-refractivity contribution in [1.82, 2.24) is 0 Å². The molecule has 3 nitrogen and oxygen atoms in total. The van der Waals surface area contributed by atoms with Gasteiger partial charge in [0.05, 0.1) is 7.11 Å². The van der Waals surface area contributed by atoms with Crippen molar-refractivity contribution < 1.29 is 8.95 Å². The van der Waals surface area contributed by atoms with Crippen LogP contribution in [0.15, 0.2) is 29.2 Å². The molecule has 0 amide bonds. The van der Waals surface area contributed by atoms with Crippen molar-refractivity contribution >= 4 is 10.6 Å². The van der Waals surface area contributed by atoms with Crippen LogP contribution in [-0.4, -0.2) is 7.11 Å². The highest BCUT2D eigenvalue weighted by molar-refractivity contribution is 7.73. The Morgan fingerprint density at radius 1 is 1.36 bits per heavy atom. The molecule has 0 atom stereocenters. The summed E-state index contributed by atoms with van der Waals surface area (Å²) in [5, 5.41) is 0. The third kappa shape index (κ3) is 1.94. The molecule has 0 aliphatic rings. The zero-order valence-corrected chi connectivity index (χ0v) is 6.85. The van der Waals surface area contributed by atoms with Crippen LogP contribution in [0.5, 0.6) is 5.75 Å². The molecule has 0 unspecified atom stereocenters. The van der Waals surface area contributed by atoms with Crippen LogP contribution < -0.4 is 4.74 Å². The van der Waals surface area contributed by atoms with Crippen LogP contribution in [0.4, 0.5) is 0 Å². The maximum Gasteiger partial charge on any atom is 0.118 e. The predicted molar refractivity (Wildman–Crippen MR) is 42.0 cm³/mol. The van der Waals surface area contributed by atoms with Crippen LogP contribution in [0, 0.1) is 4.78 Å². The molecule has 1 rings (SSSR count). The summed E-state index contributed by atoms with van der Waals surface area (Å²) in [4.78, 5) is 0.491. The Balaban J connectivity index is 3.01. The van der Waals surface area contributed by atoms with E-state index >= 15 is 0 Å². The molecule has 0 heterocycles. The van der Waals surface area contributed by atoms with Crippen LogP contribution in [0.2, 0.25) is 0 Å². The first-order chi connectivity index (χ1) is 5.24. The zero-order valence-electron chi connectivity index (χ0n) is 6.03. The van der Waals surface area contributed by atoms with E-state index < -0.39 is 10.6 Å². The lowest BCUT2D eigenvalue weighted by Gasteiger charge is -2.02. The van der Waals surface area contributed by atoms with E-state index in [1.165, 1.54) is 0 Å². The van der Waals surface area contributed by atoms with E-state index in [0.717, 1.165) is 0 Å². The molecule has 1 aromatic carbocycles. The van der Waals surface area contributed by atoms with Gasteiger partial charge in [-0.25, -0.2) is 0 Å². The lowest BCUT2D eigenvalue weighted by atomic mass is 10.3. The van der Waals surface area contributed by atoms with Crippen molar-refractivity contribution in [3.05, 3.63) is 24.3 Å². The van der Waals surface area contributed by atoms with Crippen LogP contribution in [-0.2, 0) is 14.8 Å². The molecule has 0 aromatic heterocycles. The van der Waals surface area contributed by atoms with Crippen LogP contribution in [0.3, 0.4) is 0 Å². The average Bonchev–Trinajstić information content (AvgIpc) is 2.05. The van der Waals surface area contributed by atoms with Crippen LogP contribution in [0.1, 0.15) is 0 Å². The molecule has 1 N–H and O–H groups in total. The quantitative estimate of drug-likeness (QED) is 0.688. The van der Waals surface area contributed by atoms with Gasteiger partial charge in [0.1, 0.15) is 5.75 Å². The van der Waals surface area contributed by atoms with Crippen molar-refractivity contribution in [2.75, 3.05) is 7.11 Å². The molecule has 0 saturated carbocycles. The lowest BCUT2D eigenvalue weighted by molar-refractivity contribution is 0.414. The van der Waals surface area contributed by atoms with E-state index in [2.05, 4.69) is 0 Å². The Bertz CT molecular complexity index is 295. The van der Waals surface area contributed by atoms with E-state index in [0.29, 0.717) is 10.6 Å². The fourth-order valence-corrected chi connectivity index (χ4v) is 1.08. The van der Waals surface area contributed by atoms with Crippen LogP contribution in [0.25, 0.3) is 0 Å². The molecule has 0 spiro atoms. The first-order valence-electron chi connectivity index (χ1n) is 3.01. The standard InChI is InChI=1S/C7H8NO2S/c1-10-6-2-4-7(5-3-6)11(8)9/h2-5,8H,1H3/q-1. The topological polar surface area (TPSA) is 50.1 Å². The van der Waals surface area contributed by atoms with Gasteiger partial charge in [0.2, 0.25) is 0 Å². The van der Waals surface area contributed by atoms with Gasteiger partial charge in [-0.3, -0.25) is 0 Å². The van der Waals surface area contributed by atoms with Crippen LogP contribution >= 0.6 is 0 Å².